The van der Waals surface area contributed by atoms with E-state index in [1.165, 1.54) is 24.3 Å². The molecule has 1 fully saturated rings. The van der Waals surface area contributed by atoms with Crippen LogP contribution in [0.4, 0.5) is 20.2 Å². The number of hydrogen-bond donors (Lipinski definition) is 2. The van der Waals surface area contributed by atoms with Gasteiger partial charge in [-0.25, -0.2) is 8.78 Å². The van der Waals surface area contributed by atoms with Crippen LogP contribution in [0.3, 0.4) is 0 Å². The Bertz CT molecular complexity index is 827. The first kappa shape index (κ1) is 18.6. The highest BCUT2D eigenvalue weighted by Gasteiger charge is 2.21. The second-order valence-electron chi connectivity index (χ2n) is 6.22. The van der Waals surface area contributed by atoms with Crippen LogP contribution < -0.4 is 20.7 Å². The van der Waals surface area contributed by atoms with E-state index in [0.29, 0.717) is 18.8 Å². The lowest BCUT2D eigenvalue weighted by atomic mass is 10.2. The van der Waals surface area contributed by atoms with Crippen LogP contribution in [0.1, 0.15) is 23.2 Å². The molecule has 2 aromatic rings. The fourth-order valence-electron chi connectivity index (χ4n) is 2.94. The number of hydrogen-bond acceptors (Lipinski definition) is 4. The highest BCUT2D eigenvalue weighted by Crippen LogP contribution is 2.30. The summed E-state index contributed by atoms with van der Waals surface area (Å²) in [6, 6.07) is 8.15. The summed E-state index contributed by atoms with van der Waals surface area (Å²) in [5.41, 5.74) is 5.24. The van der Waals surface area contributed by atoms with Gasteiger partial charge in [0.15, 0.2) is 18.2 Å². The fraction of sp³-hybridized carbons (Fsp3) is 0.263. The third-order valence-electron chi connectivity index (χ3n) is 4.19. The lowest BCUT2D eigenvalue weighted by molar-refractivity contribution is -0.119. The first-order valence-electron chi connectivity index (χ1n) is 8.50. The van der Waals surface area contributed by atoms with Gasteiger partial charge < -0.3 is 20.7 Å². The molecule has 1 aliphatic rings. The van der Waals surface area contributed by atoms with Gasteiger partial charge in [-0.1, -0.05) is 0 Å². The standard InChI is InChI=1S/C19H19F2N3O3/c20-15-9-13(10-16(21)18(15)24-7-1-2-8-24)23-19(26)12-3-5-14(6-4-12)27-11-17(22)25/h3-6,9-10H,1-2,7-8,11H2,(H2,22,25)(H,23,26). The van der Waals surface area contributed by atoms with Crippen molar-refractivity contribution in [2.24, 2.45) is 5.73 Å². The molecule has 0 spiro atoms. The molecule has 0 saturated carbocycles. The highest BCUT2D eigenvalue weighted by molar-refractivity contribution is 6.04. The molecule has 2 aromatic carbocycles. The molecule has 1 saturated heterocycles. The van der Waals surface area contributed by atoms with Crippen molar-refractivity contribution in [3.8, 4) is 5.75 Å². The topological polar surface area (TPSA) is 84.7 Å². The number of halogens is 2. The molecule has 0 aromatic heterocycles. The zero-order valence-electron chi connectivity index (χ0n) is 14.5. The van der Waals surface area contributed by atoms with E-state index < -0.39 is 23.4 Å². The number of rotatable bonds is 6. The minimum absolute atomic E-state index is 0.0343. The van der Waals surface area contributed by atoms with Crippen LogP contribution in [0.2, 0.25) is 0 Å². The van der Waals surface area contributed by atoms with Crippen LogP contribution in [0, 0.1) is 11.6 Å². The lowest BCUT2D eigenvalue weighted by Crippen LogP contribution is -2.21. The maximum absolute atomic E-state index is 14.3. The molecule has 0 aliphatic carbocycles. The van der Waals surface area contributed by atoms with Crippen LogP contribution in [0.5, 0.6) is 5.75 Å². The third-order valence-corrected chi connectivity index (χ3v) is 4.19. The molecule has 6 nitrogen and oxygen atoms in total. The van der Waals surface area contributed by atoms with E-state index in [2.05, 4.69) is 5.32 Å². The van der Waals surface area contributed by atoms with Crippen LogP contribution in [0.15, 0.2) is 36.4 Å². The molecule has 0 radical (unpaired) electrons. The van der Waals surface area contributed by atoms with Gasteiger partial charge in [-0.15, -0.1) is 0 Å². The molecule has 3 N–H and O–H groups in total. The molecule has 142 valence electrons. The van der Waals surface area contributed by atoms with Crippen LogP contribution >= 0.6 is 0 Å². The maximum Gasteiger partial charge on any atom is 0.255 e. The number of carbonyl (C=O) groups excluding carboxylic acids is 2. The summed E-state index contributed by atoms with van der Waals surface area (Å²) in [4.78, 5) is 24.6. The molecule has 1 heterocycles. The summed E-state index contributed by atoms with van der Waals surface area (Å²) in [6.07, 6.45) is 1.80. The van der Waals surface area contributed by atoms with E-state index in [0.717, 1.165) is 25.0 Å². The Morgan fingerprint density at radius 2 is 1.67 bits per heavy atom. The Balaban J connectivity index is 1.69. The van der Waals surface area contributed by atoms with E-state index in [9.17, 15) is 18.4 Å². The Morgan fingerprint density at radius 1 is 1.07 bits per heavy atom. The predicted molar refractivity (Wildman–Crippen MR) is 96.9 cm³/mol. The van der Waals surface area contributed by atoms with Gasteiger partial charge in [-0.05, 0) is 49.2 Å². The molecule has 1 aliphatic heterocycles. The van der Waals surface area contributed by atoms with Crippen molar-refractivity contribution in [2.75, 3.05) is 29.9 Å². The predicted octanol–water partition coefficient (Wildman–Crippen LogP) is 2.68. The van der Waals surface area contributed by atoms with E-state index in [1.54, 1.807) is 4.90 Å². The van der Waals surface area contributed by atoms with Gasteiger partial charge in [0.25, 0.3) is 11.8 Å². The zero-order valence-corrected chi connectivity index (χ0v) is 14.5. The van der Waals surface area contributed by atoms with E-state index >= 15 is 0 Å². The summed E-state index contributed by atoms with van der Waals surface area (Å²) < 4.78 is 33.8. The van der Waals surface area contributed by atoms with E-state index in [1.807, 2.05) is 0 Å². The van der Waals surface area contributed by atoms with Crippen molar-refractivity contribution in [2.45, 2.75) is 12.8 Å². The van der Waals surface area contributed by atoms with Crippen molar-refractivity contribution in [3.63, 3.8) is 0 Å². The molecule has 27 heavy (non-hydrogen) atoms. The first-order chi connectivity index (χ1) is 12.9. The molecule has 8 heteroatoms. The minimum Gasteiger partial charge on any atom is -0.484 e. The van der Waals surface area contributed by atoms with Gasteiger partial charge in [-0.3, -0.25) is 9.59 Å². The largest absolute Gasteiger partial charge is 0.484 e. The monoisotopic (exact) mass is 375 g/mol. The van der Waals surface area contributed by atoms with Crippen molar-refractivity contribution in [3.05, 3.63) is 53.6 Å². The number of amides is 2. The average Bonchev–Trinajstić information content (AvgIpc) is 3.14. The number of anilines is 2. The molecular weight excluding hydrogens is 356 g/mol. The minimum atomic E-state index is -0.706. The summed E-state index contributed by atoms with van der Waals surface area (Å²) in [5.74, 6) is -2.18. The Kier molecular flexibility index (Phi) is 5.54. The first-order valence-corrected chi connectivity index (χ1v) is 8.50. The van der Waals surface area contributed by atoms with E-state index in [4.69, 9.17) is 10.5 Å². The molecule has 3 rings (SSSR count). The molecular formula is C19H19F2N3O3. The molecule has 2 amide bonds. The number of primary amides is 1. The third kappa shape index (κ3) is 4.52. The number of nitrogens with one attached hydrogen (secondary N) is 1. The molecule has 0 bridgehead atoms. The SMILES string of the molecule is NC(=O)COc1ccc(C(=O)Nc2cc(F)c(N3CCCC3)c(F)c2)cc1. The zero-order chi connectivity index (χ0) is 19.4. The fourth-order valence-corrected chi connectivity index (χ4v) is 2.94. The van der Waals surface area contributed by atoms with Crippen molar-refractivity contribution >= 4 is 23.2 Å². The molecule has 0 atom stereocenters. The quantitative estimate of drug-likeness (QED) is 0.813. The van der Waals surface area contributed by atoms with Gasteiger partial charge in [-0.2, -0.15) is 0 Å². The molecule has 0 unspecified atom stereocenters. The number of ether oxygens (including phenoxy) is 1. The smallest absolute Gasteiger partial charge is 0.255 e. The summed E-state index contributed by atoms with van der Waals surface area (Å²) >= 11 is 0. The van der Waals surface area contributed by atoms with Gasteiger partial charge in [0.2, 0.25) is 0 Å². The van der Waals surface area contributed by atoms with Crippen molar-refractivity contribution in [1.29, 1.82) is 0 Å². The van der Waals surface area contributed by atoms with E-state index in [-0.39, 0.29) is 23.5 Å². The number of benzene rings is 2. The van der Waals surface area contributed by atoms with Crippen molar-refractivity contribution in [1.82, 2.24) is 0 Å². The van der Waals surface area contributed by atoms with Gasteiger partial charge in [0, 0.05) is 24.3 Å². The number of nitrogens with two attached hydrogens (primary N) is 1. The Morgan fingerprint density at radius 3 is 2.22 bits per heavy atom. The Labute approximate surface area is 154 Å². The van der Waals surface area contributed by atoms with Gasteiger partial charge in [0.05, 0.1) is 0 Å². The lowest BCUT2D eigenvalue weighted by Gasteiger charge is -2.19. The van der Waals surface area contributed by atoms with Crippen LogP contribution in [-0.2, 0) is 4.79 Å². The van der Waals surface area contributed by atoms with Gasteiger partial charge >= 0.3 is 0 Å². The Hall–Kier alpha value is -3.16. The van der Waals surface area contributed by atoms with Gasteiger partial charge in [0.1, 0.15) is 11.4 Å². The number of nitrogens with zero attached hydrogens (tertiary/aromatic N) is 1. The maximum atomic E-state index is 14.3. The van der Waals surface area contributed by atoms with Crippen molar-refractivity contribution < 1.29 is 23.1 Å². The number of carbonyl (C=O) groups is 2. The second kappa shape index (κ2) is 8.03. The summed E-state index contributed by atoms with van der Waals surface area (Å²) in [6.45, 7) is 0.959. The second-order valence-corrected chi connectivity index (χ2v) is 6.22. The summed E-state index contributed by atoms with van der Waals surface area (Å²) in [7, 11) is 0. The normalized spacial score (nSPS) is 13.5. The van der Waals surface area contributed by atoms with Crippen LogP contribution in [0.25, 0.3) is 0 Å². The van der Waals surface area contributed by atoms with Crippen LogP contribution in [-0.4, -0.2) is 31.5 Å². The highest BCUT2D eigenvalue weighted by atomic mass is 19.1. The average molecular weight is 375 g/mol. The summed E-state index contributed by atoms with van der Waals surface area (Å²) in [5, 5.41) is 2.47.